The first-order valence-corrected chi connectivity index (χ1v) is 7.86. The Kier molecular flexibility index (Phi) is 4.22. The van der Waals surface area contributed by atoms with Crippen molar-refractivity contribution < 1.29 is 9.72 Å². The van der Waals surface area contributed by atoms with E-state index < -0.39 is 4.92 Å². The van der Waals surface area contributed by atoms with Crippen LogP contribution >= 0.6 is 24.0 Å². The highest BCUT2D eigenvalue weighted by molar-refractivity contribution is 8.27. The van der Waals surface area contributed by atoms with Crippen LogP contribution in [0.3, 0.4) is 0 Å². The lowest BCUT2D eigenvalue weighted by molar-refractivity contribution is -0.384. The maximum atomic E-state index is 12.6. The lowest BCUT2D eigenvalue weighted by atomic mass is 10.2. The standard InChI is InChI=1S/C16H10N2O3S2/c19-15-14(10-11-4-2-1-3-5-11)23-16(22)17(15)12-6-8-13(9-7-12)18(20)21/h1-10H. The lowest BCUT2D eigenvalue weighted by Gasteiger charge is -2.13. The molecule has 0 spiro atoms. The summed E-state index contributed by atoms with van der Waals surface area (Å²) in [5.41, 5.74) is 1.41. The molecule has 0 bridgehead atoms. The molecule has 1 amide bonds. The number of non-ortho nitro benzene ring substituents is 1. The van der Waals surface area contributed by atoms with Crippen LogP contribution in [-0.2, 0) is 4.79 Å². The van der Waals surface area contributed by atoms with Gasteiger partial charge < -0.3 is 0 Å². The summed E-state index contributed by atoms with van der Waals surface area (Å²) in [6, 6.07) is 15.2. The second-order valence-electron chi connectivity index (χ2n) is 4.70. The van der Waals surface area contributed by atoms with Gasteiger partial charge in [-0.2, -0.15) is 0 Å². The van der Waals surface area contributed by atoms with Crippen molar-refractivity contribution in [2.45, 2.75) is 0 Å². The minimum absolute atomic E-state index is 0.0287. The normalized spacial score (nSPS) is 16.2. The van der Waals surface area contributed by atoms with Gasteiger partial charge in [0.15, 0.2) is 4.32 Å². The molecule has 1 aliphatic rings. The molecule has 7 heteroatoms. The zero-order chi connectivity index (χ0) is 16.4. The molecular formula is C16H10N2O3S2. The Morgan fingerprint density at radius 2 is 1.74 bits per heavy atom. The molecule has 3 rings (SSSR count). The number of rotatable bonds is 3. The van der Waals surface area contributed by atoms with Crippen LogP contribution in [0, 0.1) is 10.1 Å². The van der Waals surface area contributed by atoms with Gasteiger partial charge >= 0.3 is 0 Å². The maximum absolute atomic E-state index is 12.6. The zero-order valence-electron chi connectivity index (χ0n) is 11.7. The van der Waals surface area contributed by atoms with Crippen LogP contribution in [0.2, 0.25) is 0 Å². The van der Waals surface area contributed by atoms with Gasteiger partial charge in [0, 0.05) is 12.1 Å². The van der Waals surface area contributed by atoms with Gasteiger partial charge in [-0.3, -0.25) is 19.8 Å². The van der Waals surface area contributed by atoms with Crippen LogP contribution in [-0.4, -0.2) is 15.2 Å². The molecule has 5 nitrogen and oxygen atoms in total. The van der Waals surface area contributed by atoms with Crippen molar-refractivity contribution in [3.63, 3.8) is 0 Å². The molecule has 0 aromatic heterocycles. The Hall–Kier alpha value is -2.51. The summed E-state index contributed by atoms with van der Waals surface area (Å²) in [5.74, 6) is -0.224. The first-order chi connectivity index (χ1) is 11.1. The molecule has 0 radical (unpaired) electrons. The summed E-state index contributed by atoms with van der Waals surface area (Å²) < 4.78 is 0.408. The number of thiocarbonyl (C=S) groups is 1. The average Bonchev–Trinajstić information content (AvgIpc) is 2.82. The Balaban J connectivity index is 1.90. The largest absolute Gasteiger partial charge is 0.270 e. The SMILES string of the molecule is O=C1C(=Cc2ccccc2)SC(=S)N1c1ccc([N+](=O)[O-])cc1. The molecule has 0 N–H and O–H groups in total. The molecule has 2 aromatic rings. The zero-order valence-corrected chi connectivity index (χ0v) is 13.3. The molecule has 0 aliphatic carbocycles. The van der Waals surface area contributed by atoms with Crippen LogP contribution < -0.4 is 4.90 Å². The summed E-state index contributed by atoms with van der Waals surface area (Å²) in [7, 11) is 0. The molecule has 1 fully saturated rings. The smallest absolute Gasteiger partial charge is 0.268 e. The van der Waals surface area contributed by atoms with Crippen molar-refractivity contribution in [2.75, 3.05) is 4.90 Å². The first-order valence-electron chi connectivity index (χ1n) is 6.64. The van der Waals surface area contributed by atoms with Gasteiger partial charge in [0.2, 0.25) is 0 Å². The molecule has 1 aliphatic heterocycles. The number of thioether (sulfide) groups is 1. The Bertz CT molecular complexity index is 817. The third-order valence-corrected chi connectivity index (χ3v) is 4.51. The van der Waals surface area contributed by atoms with E-state index in [-0.39, 0.29) is 11.6 Å². The summed E-state index contributed by atoms with van der Waals surface area (Å²) >= 11 is 6.49. The molecule has 0 atom stereocenters. The van der Waals surface area contributed by atoms with E-state index in [0.29, 0.717) is 14.9 Å². The molecule has 2 aromatic carbocycles. The second kappa shape index (κ2) is 6.31. The summed E-state index contributed by atoms with van der Waals surface area (Å²) in [4.78, 5) is 24.7. The fraction of sp³-hybridized carbons (Fsp3) is 0. The number of nitro benzene ring substituents is 1. The first kappa shape index (κ1) is 15.4. The molecule has 23 heavy (non-hydrogen) atoms. The number of carbonyl (C=O) groups excluding carboxylic acids is 1. The molecule has 1 heterocycles. The van der Waals surface area contributed by atoms with E-state index in [1.165, 1.54) is 40.9 Å². The van der Waals surface area contributed by atoms with E-state index in [2.05, 4.69) is 0 Å². The van der Waals surface area contributed by atoms with Crippen LogP contribution in [0.15, 0.2) is 59.5 Å². The highest BCUT2D eigenvalue weighted by Gasteiger charge is 2.33. The van der Waals surface area contributed by atoms with Crippen molar-refractivity contribution in [1.29, 1.82) is 0 Å². The van der Waals surface area contributed by atoms with Crippen LogP contribution in [0.25, 0.3) is 6.08 Å². The van der Waals surface area contributed by atoms with Crippen LogP contribution in [0.1, 0.15) is 5.56 Å². The van der Waals surface area contributed by atoms with Crippen molar-refractivity contribution in [3.05, 3.63) is 75.2 Å². The van der Waals surface area contributed by atoms with E-state index in [0.717, 1.165) is 5.56 Å². The number of carbonyl (C=O) groups is 1. The van der Waals surface area contributed by atoms with Crippen LogP contribution in [0.4, 0.5) is 11.4 Å². The van der Waals surface area contributed by atoms with E-state index in [1.54, 1.807) is 6.08 Å². The predicted molar refractivity (Wildman–Crippen MR) is 95.2 cm³/mol. The van der Waals surface area contributed by atoms with Gasteiger partial charge in [0.25, 0.3) is 11.6 Å². The molecule has 0 saturated carbocycles. The minimum Gasteiger partial charge on any atom is -0.268 e. The Morgan fingerprint density at radius 3 is 2.35 bits per heavy atom. The predicted octanol–water partition coefficient (Wildman–Crippen LogP) is 4.00. The van der Waals surface area contributed by atoms with Crippen molar-refractivity contribution in [2.24, 2.45) is 0 Å². The maximum Gasteiger partial charge on any atom is 0.270 e. The number of hydrogen-bond acceptors (Lipinski definition) is 5. The van der Waals surface area contributed by atoms with E-state index >= 15 is 0 Å². The van der Waals surface area contributed by atoms with Gasteiger partial charge in [-0.05, 0) is 23.8 Å². The molecule has 114 valence electrons. The second-order valence-corrected chi connectivity index (χ2v) is 6.38. The van der Waals surface area contributed by atoms with Crippen molar-refractivity contribution in [3.8, 4) is 0 Å². The number of amides is 1. The highest BCUT2D eigenvalue weighted by Crippen LogP contribution is 2.36. The van der Waals surface area contributed by atoms with Gasteiger partial charge in [-0.1, -0.05) is 54.3 Å². The summed E-state index contributed by atoms with van der Waals surface area (Å²) in [5, 5.41) is 10.7. The third-order valence-electron chi connectivity index (χ3n) is 3.21. The third kappa shape index (κ3) is 3.15. The van der Waals surface area contributed by atoms with E-state index in [1.807, 2.05) is 30.3 Å². The van der Waals surface area contributed by atoms with Gasteiger partial charge in [0.05, 0.1) is 15.5 Å². The summed E-state index contributed by atoms with van der Waals surface area (Å²) in [6.45, 7) is 0. The van der Waals surface area contributed by atoms with Gasteiger partial charge in [-0.25, -0.2) is 0 Å². The number of anilines is 1. The number of hydrogen-bond donors (Lipinski definition) is 0. The minimum atomic E-state index is -0.483. The van der Waals surface area contributed by atoms with Crippen molar-refractivity contribution in [1.82, 2.24) is 0 Å². The molecule has 0 unspecified atom stereocenters. The lowest BCUT2D eigenvalue weighted by Crippen LogP contribution is -2.27. The topological polar surface area (TPSA) is 63.5 Å². The quantitative estimate of drug-likeness (QED) is 0.365. The van der Waals surface area contributed by atoms with E-state index in [9.17, 15) is 14.9 Å². The number of nitrogens with zero attached hydrogens (tertiary/aromatic N) is 2. The Labute approximate surface area is 141 Å². The van der Waals surface area contributed by atoms with Crippen LogP contribution in [0.5, 0.6) is 0 Å². The van der Waals surface area contributed by atoms with Gasteiger partial charge in [-0.15, -0.1) is 0 Å². The summed E-state index contributed by atoms with van der Waals surface area (Å²) in [6.07, 6.45) is 1.78. The monoisotopic (exact) mass is 342 g/mol. The van der Waals surface area contributed by atoms with Crippen molar-refractivity contribution >= 4 is 51.7 Å². The highest BCUT2D eigenvalue weighted by atomic mass is 32.2. The molecular weight excluding hydrogens is 332 g/mol. The molecule has 1 saturated heterocycles. The number of nitro groups is 1. The number of benzene rings is 2. The van der Waals surface area contributed by atoms with E-state index in [4.69, 9.17) is 12.2 Å². The fourth-order valence-electron chi connectivity index (χ4n) is 2.11. The fourth-order valence-corrected chi connectivity index (χ4v) is 3.41. The average molecular weight is 342 g/mol. The Morgan fingerprint density at radius 1 is 1.09 bits per heavy atom. The van der Waals surface area contributed by atoms with Gasteiger partial charge in [0.1, 0.15) is 0 Å².